The molecule has 0 fully saturated rings. The fourth-order valence-corrected chi connectivity index (χ4v) is 6.51. The van der Waals surface area contributed by atoms with Gasteiger partial charge in [0.05, 0.1) is 27.7 Å². The van der Waals surface area contributed by atoms with Gasteiger partial charge in [-0.25, -0.2) is 0 Å². The molecule has 2 atom stereocenters. The first-order valence-electron chi connectivity index (χ1n) is 21.7. The van der Waals surface area contributed by atoms with Crippen LogP contribution in [0.3, 0.4) is 0 Å². The molecule has 0 saturated heterocycles. The number of phosphoric ester groups is 1. The van der Waals surface area contributed by atoms with Crippen LogP contribution in [0.5, 0.6) is 0 Å². The number of quaternary nitrogens is 1. The molecule has 0 amide bonds. The first-order valence-corrected chi connectivity index (χ1v) is 23.2. The number of nitrogens with zero attached hydrogens (tertiary/aromatic N) is 1. The number of carbonyl (C=O) groups excluding carboxylic acids is 2. The van der Waals surface area contributed by atoms with Gasteiger partial charge in [-0.3, -0.25) is 14.2 Å². The Labute approximate surface area is 331 Å². The van der Waals surface area contributed by atoms with Crippen molar-refractivity contribution in [1.82, 2.24) is 0 Å². The van der Waals surface area contributed by atoms with Crippen LogP contribution in [-0.2, 0) is 32.7 Å². The highest BCUT2D eigenvalue weighted by molar-refractivity contribution is 7.45. The molecule has 10 heteroatoms. The van der Waals surface area contributed by atoms with E-state index in [4.69, 9.17) is 18.5 Å². The molecular formula is C44H82NO8P. The smallest absolute Gasteiger partial charge is 0.306 e. The number of ether oxygens (including phenoxy) is 2. The summed E-state index contributed by atoms with van der Waals surface area (Å²) in [7, 11) is 1.16. The maximum Gasteiger partial charge on any atom is 0.306 e. The van der Waals surface area contributed by atoms with Gasteiger partial charge in [0.2, 0.25) is 0 Å². The molecule has 2 unspecified atom stereocenters. The Morgan fingerprint density at radius 3 is 1.57 bits per heavy atom. The van der Waals surface area contributed by atoms with Gasteiger partial charge in [0.1, 0.15) is 19.8 Å². The third-order valence-electron chi connectivity index (χ3n) is 9.17. The van der Waals surface area contributed by atoms with E-state index >= 15 is 0 Å². The zero-order valence-electron chi connectivity index (χ0n) is 35.4. The van der Waals surface area contributed by atoms with Gasteiger partial charge in [-0.2, -0.15) is 0 Å². The van der Waals surface area contributed by atoms with Crippen molar-refractivity contribution in [2.24, 2.45) is 0 Å². The normalized spacial score (nSPS) is 14.0. The first-order chi connectivity index (χ1) is 26.0. The van der Waals surface area contributed by atoms with Crippen molar-refractivity contribution in [3.8, 4) is 0 Å². The highest BCUT2D eigenvalue weighted by Crippen LogP contribution is 2.38. The number of carbonyl (C=O) groups is 2. The maximum absolute atomic E-state index is 12.7. The molecular weight excluding hydrogens is 701 g/mol. The van der Waals surface area contributed by atoms with E-state index in [0.717, 1.165) is 64.2 Å². The van der Waals surface area contributed by atoms with Gasteiger partial charge in [0.25, 0.3) is 7.82 Å². The van der Waals surface area contributed by atoms with Crippen LogP contribution in [0.25, 0.3) is 0 Å². The van der Waals surface area contributed by atoms with Crippen LogP contribution in [-0.4, -0.2) is 70.0 Å². The monoisotopic (exact) mass is 784 g/mol. The molecule has 54 heavy (non-hydrogen) atoms. The van der Waals surface area contributed by atoms with Crippen LogP contribution in [0.1, 0.15) is 181 Å². The average molecular weight is 784 g/mol. The number of esters is 2. The Morgan fingerprint density at radius 1 is 0.593 bits per heavy atom. The van der Waals surface area contributed by atoms with Crippen molar-refractivity contribution >= 4 is 19.8 Å². The van der Waals surface area contributed by atoms with Crippen molar-refractivity contribution in [2.45, 2.75) is 187 Å². The van der Waals surface area contributed by atoms with E-state index in [-0.39, 0.29) is 32.0 Å². The summed E-state index contributed by atoms with van der Waals surface area (Å²) in [6.07, 6.45) is 40.2. The lowest BCUT2D eigenvalue weighted by Gasteiger charge is -2.28. The molecule has 0 bridgehead atoms. The summed E-state index contributed by atoms with van der Waals surface area (Å²) in [6, 6.07) is 0. The number of allylic oxidation sites excluding steroid dienone is 6. The van der Waals surface area contributed by atoms with Crippen molar-refractivity contribution in [3.63, 3.8) is 0 Å². The number of hydrogen-bond acceptors (Lipinski definition) is 8. The molecule has 0 N–H and O–H groups in total. The number of hydrogen-bond donors (Lipinski definition) is 0. The topological polar surface area (TPSA) is 111 Å². The molecule has 0 radical (unpaired) electrons. The highest BCUT2D eigenvalue weighted by Gasteiger charge is 2.21. The Morgan fingerprint density at radius 2 is 1.06 bits per heavy atom. The fourth-order valence-electron chi connectivity index (χ4n) is 5.79. The lowest BCUT2D eigenvalue weighted by molar-refractivity contribution is -0.870. The fraction of sp³-hybridized carbons (Fsp3) is 0.818. The average Bonchev–Trinajstić information content (AvgIpc) is 3.12. The molecule has 0 aromatic rings. The summed E-state index contributed by atoms with van der Waals surface area (Å²) in [5.41, 5.74) is 0. The van der Waals surface area contributed by atoms with E-state index < -0.39 is 26.5 Å². The Balaban J connectivity index is 4.37. The van der Waals surface area contributed by atoms with E-state index in [1.807, 2.05) is 21.1 Å². The van der Waals surface area contributed by atoms with E-state index in [9.17, 15) is 19.0 Å². The van der Waals surface area contributed by atoms with Crippen molar-refractivity contribution < 1.29 is 42.1 Å². The molecule has 0 aromatic carbocycles. The van der Waals surface area contributed by atoms with E-state index in [2.05, 4.69) is 50.3 Å². The summed E-state index contributed by atoms with van der Waals surface area (Å²) < 4.78 is 33.9. The van der Waals surface area contributed by atoms with E-state index in [0.29, 0.717) is 17.4 Å². The molecule has 9 nitrogen and oxygen atoms in total. The lowest BCUT2D eigenvalue weighted by Crippen LogP contribution is -2.37. The molecule has 0 saturated carbocycles. The third kappa shape index (κ3) is 39.9. The van der Waals surface area contributed by atoms with Crippen molar-refractivity contribution in [2.75, 3.05) is 47.5 Å². The zero-order chi connectivity index (χ0) is 40.0. The summed E-state index contributed by atoms with van der Waals surface area (Å²) in [4.78, 5) is 37.5. The third-order valence-corrected chi connectivity index (χ3v) is 10.1. The lowest BCUT2D eigenvalue weighted by atomic mass is 10.0. The molecule has 0 aliphatic rings. The van der Waals surface area contributed by atoms with Crippen LogP contribution in [0.2, 0.25) is 0 Å². The number of unbranched alkanes of at least 4 members (excludes halogenated alkanes) is 19. The predicted molar refractivity (Wildman–Crippen MR) is 222 cm³/mol. The van der Waals surface area contributed by atoms with Crippen molar-refractivity contribution in [1.29, 1.82) is 0 Å². The Hall–Kier alpha value is -1.77. The second-order valence-corrected chi connectivity index (χ2v) is 17.1. The molecule has 0 spiro atoms. The molecule has 0 heterocycles. The minimum Gasteiger partial charge on any atom is -0.756 e. The number of phosphoric acid groups is 1. The Kier molecular flexibility index (Phi) is 35.6. The highest BCUT2D eigenvalue weighted by atomic mass is 31.2. The van der Waals surface area contributed by atoms with Crippen LogP contribution >= 0.6 is 7.82 Å². The van der Waals surface area contributed by atoms with Gasteiger partial charge >= 0.3 is 11.9 Å². The summed E-state index contributed by atoms with van der Waals surface area (Å²) in [6.45, 7) is 4.11. The minimum atomic E-state index is -4.62. The zero-order valence-corrected chi connectivity index (χ0v) is 36.3. The van der Waals surface area contributed by atoms with Crippen LogP contribution < -0.4 is 4.89 Å². The molecule has 316 valence electrons. The summed E-state index contributed by atoms with van der Waals surface area (Å²) in [5.74, 6) is -0.843. The van der Waals surface area contributed by atoms with Crippen LogP contribution in [0.15, 0.2) is 36.5 Å². The van der Waals surface area contributed by atoms with Crippen LogP contribution in [0.4, 0.5) is 0 Å². The largest absolute Gasteiger partial charge is 0.756 e. The number of rotatable bonds is 39. The minimum absolute atomic E-state index is 0.0324. The second-order valence-electron chi connectivity index (χ2n) is 15.7. The first kappa shape index (κ1) is 52.2. The predicted octanol–water partition coefficient (Wildman–Crippen LogP) is 11.5. The van der Waals surface area contributed by atoms with E-state index in [1.54, 1.807) is 0 Å². The van der Waals surface area contributed by atoms with Crippen LogP contribution in [0, 0.1) is 0 Å². The van der Waals surface area contributed by atoms with Gasteiger partial charge in [-0.15, -0.1) is 0 Å². The van der Waals surface area contributed by atoms with E-state index in [1.165, 1.54) is 83.5 Å². The molecule has 0 rings (SSSR count). The molecule has 0 aromatic heterocycles. The summed E-state index contributed by atoms with van der Waals surface area (Å²) >= 11 is 0. The van der Waals surface area contributed by atoms with Gasteiger partial charge < -0.3 is 27.9 Å². The van der Waals surface area contributed by atoms with Gasteiger partial charge in [0, 0.05) is 12.8 Å². The number of likely N-dealkylation sites (N-methyl/N-ethyl adjacent to an activating group) is 1. The summed E-state index contributed by atoms with van der Waals surface area (Å²) in [5, 5.41) is 0. The SMILES string of the molecule is CC/C=C\C/C=C\C/C=C\CCCCCCCCCC(=O)OC(COC(=O)CCCCCCCCCCCCCCC)COP(=O)([O-])OCC[N+](C)(C)C. The second kappa shape index (κ2) is 36.8. The van der Waals surface area contributed by atoms with Crippen molar-refractivity contribution in [3.05, 3.63) is 36.5 Å². The van der Waals surface area contributed by atoms with Gasteiger partial charge in [-0.1, -0.05) is 159 Å². The molecule has 0 aliphatic heterocycles. The molecule has 0 aliphatic carbocycles. The quantitative estimate of drug-likeness (QED) is 0.0199. The Bertz CT molecular complexity index is 1020. The standard InChI is InChI=1S/C44H82NO8P/c1-6-8-10-12-14-16-18-20-21-22-23-25-27-29-31-33-35-37-44(47)53-42(41-52-54(48,49)51-39-38-45(3,4)5)40-50-43(46)36-34-32-30-28-26-24-19-17-15-13-11-9-7-2/h8,10,14,16,20-21,42H,6-7,9,11-13,15,17-19,22-41H2,1-5H3/b10-8-,16-14-,21-20-. The maximum atomic E-state index is 12.7. The van der Waals surface area contributed by atoms with Gasteiger partial charge in [-0.05, 0) is 44.9 Å². The van der Waals surface area contributed by atoms with Gasteiger partial charge in [0.15, 0.2) is 6.10 Å².